The molecule has 1 aromatic heterocycles. The Labute approximate surface area is 171 Å². The Morgan fingerprint density at radius 3 is 2.86 bits per heavy atom. The second kappa shape index (κ2) is 6.92. The number of anilines is 1. The van der Waals surface area contributed by atoms with Crippen LogP contribution in [0.3, 0.4) is 0 Å². The number of nitrogens with one attached hydrogen (secondary N) is 2. The topological polar surface area (TPSA) is 57.4 Å². The van der Waals surface area contributed by atoms with Gasteiger partial charge in [0.2, 0.25) is 0 Å². The fourth-order valence-electron chi connectivity index (χ4n) is 5.00. The van der Waals surface area contributed by atoms with Crippen molar-refractivity contribution in [3.8, 4) is 5.75 Å². The average molecular weight is 389 g/mol. The van der Waals surface area contributed by atoms with Gasteiger partial charge in [-0.25, -0.2) is 0 Å². The van der Waals surface area contributed by atoms with Gasteiger partial charge in [0, 0.05) is 35.2 Å². The first-order chi connectivity index (χ1) is 14.2. The van der Waals surface area contributed by atoms with E-state index in [1.54, 1.807) is 7.11 Å². The van der Waals surface area contributed by atoms with Crippen LogP contribution in [0.15, 0.2) is 42.5 Å². The van der Waals surface area contributed by atoms with Crippen molar-refractivity contribution in [3.05, 3.63) is 59.3 Å². The van der Waals surface area contributed by atoms with Gasteiger partial charge in [-0.15, -0.1) is 0 Å². The van der Waals surface area contributed by atoms with Crippen LogP contribution in [-0.2, 0) is 16.8 Å². The number of ether oxygens (including phenoxy) is 1. The van der Waals surface area contributed by atoms with Crippen LogP contribution in [0.4, 0.5) is 5.69 Å². The van der Waals surface area contributed by atoms with E-state index in [0.29, 0.717) is 0 Å². The molecule has 0 aliphatic carbocycles. The number of carbonyl (C=O) groups is 1. The Balaban J connectivity index is 1.69. The van der Waals surface area contributed by atoms with Crippen LogP contribution >= 0.6 is 0 Å². The lowest BCUT2D eigenvalue weighted by Gasteiger charge is -2.34. The number of carbonyl (C=O) groups excluding carboxylic acids is 1. The molecular formula is C24H27N3O2. The number of para-hydroxylation sites is 1. The van der Waals surface area contributed by atoms with E-state index in [1.807, 2.05) is 29.2 Å². The molecule has 5 rings (SSSR count). The first-order valence-electron chi connectivity index (χ1n) is 10.6. The Morgan fingerprint density at radius 2 is 2.03 bits per heavy atom. The molecule has 3 aromatic rings. The summed E-state index contributed by atoms with van der Waals surface area (Å²) >= 11 is 0. The molecule has 2 aliphatic heterocycles. The van der Waals surface area contributed by atoms with Crippen LogP contribution in [0.2, 0.25) is 0 Å². The zero-order valence-electron chi connectivity index (χ0n) is 17.0. The molecule has 0 saturated heterocycles. The number of fused-ring (bicyclic) bond motifs is 6. The highest BCUT2D eigenvalue weighted by Crippen LogP contribution is 2.48. The molecule has 2 aromatic carbocycles. The third-order valence-electron chi connectivity index (χ3n) is 6.40. The van der Waals surface area contributed by atoms with Crippen molar-refractivity contribution in [1.82, 2.24) is 10.3 Å². The Hall–Kier alpha value is -2.79. The summed E-state index contributed by atoms with van der Waals surface area (Å²) < 4.78 is 5.44. The second-order valence-electron chi connectivity index (χ2n) is 8.00. The quantitative estimate of drug-likeness (QED) is 0.646. The van der Waals surface area contributed by atoms with E-state index >= 15 is 0 Å². The molecule has 5 heteroatoms. The lowest BCUT2D eigenvalue weighted by Crippen LogP contribution is -2.55. The van der Waals surface area contributed by atoms with Crippen molar-refractivity contribution in [3.63, 3.8) is 0 Å². The smallest absolute Gasteiger partial charge is 0.258 e. The normalized spacial score (nSPS) is 20.3. The highest BCUT2D eigenvalue weighted by Gasteiger charge is 2.55. The number of rotatable bonds is 5. The summed E-state index contributed by atoms with van der Waals surface area (Å²) in [6.45, 7) is 3.71. The van der Waals surface area contributed by atoms with Gasteiger partial charge in [0.25, 0.3) is 5.91 Å². The molecule has 0 unspecified atom stereocenters. The van der Waals surface area contributed by atoms with Gasteiger partial charge < -0.3 is 14.6 Å². The standard InChI is InChI=1S/C24H27N3O2/c1-3-4-7-14-27-21-9-6-5-8-19(21)24(23(27)28)22-17(12-13-25-24)18-15-16(29-2)10-11-20(18)26-22/h5-6,8-11,15,25-26H,3-4,7,12-14H2,1-2H3/t24-/m0/s1. The number of hydrogen-bond acceptors (Lipinski definition) is 3. The zero-order valence-corrected chi connectivity index (χ0v) is 17.0. The fourth-order valence-corrected chi connectivity index (χ4v) is 5.00. The number of H-pyrrole nitrogens is 1. The van der Waals surface area contributed by atoms with Crippen LogP contribution in [0.1, 0.15) is 43.0 Å². The maximum atomic E-state index is 13.9. The third kappa shape index (κ3) is 2.53. The minimum absolute atomic E-state index is 0.134. The number of hydrogen-bond donors (Lipinski definition) is 2. The predicted molar refractivity (Wildman–Crippen MR) is 116 cm³/mol. The Kier molecular flexibility index (Phi) is 4.36. The minimum Gasteiger partial charge on any atom is -0.497 e. The molecule has 0 bridgehead atoms. The summed E-state index contributed by atoms with van der Waals surface area (Å²) in [4.78, 5) is 19.5. The highest BCUT2D eigenvalue weighted by molar-refractivity contribution is 6.11. The summed E-state index contributed by atoms with van der Waals surface area (Å²) in [5, 5.41) is 4.76. The summed E-state index contributed by atoms with van der Waals surface area (Å²) in [5.41, 5.74) is 4.52. The number of methoxy groups -OCH3 is 1. The fraction of sp³-hybridized carbons (Fsp3) is 0.375. The summed E-state index contributed by atoms with van der Waals surface area (Å²) in [6, 6.07) is 14.3. The van der Waals surface area contributed by atoms with Gasteiger partial charge in [-0.05, 0) is 42.7 Å². The van der Waals surface area contributed by atoms with Crippen molar-refractivity contribution in [2.45, 2.75) is 38.1 Å². The summed E-state index contributed by atoms with van der Waals surface area (Å²) in [7, 11) is 1.69. The molecule has 1 amide bonds. The molecule has 1 spiro atoms. The number of benzene rings is 2. The lowest BCUT2D eigenvalue weighted by molar-refractivity contribution is -0.123. The molecular weight excluding hydrogens is 362 g/mol. The van der Waals surface area contributed by atoms with Crippen molar-refractivity contribution in [1.29, 1.82) is 0 Å². The molecule has 0 saturated carbocycles. The average Bonchev–Trinajstić information content (AvgIpc) is 3.24. The molecule has 1 atom stereocenters. The van der Waals surface area contributed by atoms with E-state index < -0.39 is 5.54 Å². The summed E-state index contributed by atoms with van der Waals surface area (Å²) in [5.74, 6) is 0.973. The number of aromatic nitrogens is 1. The molecule has 2 N–H and O–H groups in total. The van der Waals surface area contributed by atoms with Crippen LogP contribution in [-0.4, -0.2) is 31.1 Å². The van der Waals surface area contributed by atoms with Crippen LogP contribution in [0, 0.1) is 0 Å². The van der Waals surface area contributed by atoms with Gasteiger partial charge in [-0.3, -0.25) is 10.1 Å². The maximum Gasteiger partial charge on any atom is 0.258 e. The van der Waals surface area contributed by atoms with E-state index in [4.69, 9.17) is 4.74 Å². The second-order valence-corrected chi connectivity index (χ2v) is 8.00. The SMILES string of the molecule is CCCCCN1C(=O)[C@]2(NCCc3c2[nH]c2ccc(OC)cc32)c2ccccc21. The first kappa shape index (κ1) is 18.3. The maximum absolute atomic E-state index is 13.9. The van der Waals surface area contributed by atoms with Crippen LogP contribution < -0.4 is 15.0 Å². The molecule has 0 radical (unpaired) electrons. The molecule has 0 fully saturated rings. The van der Waals surface area contributed by atoms with Gasteiger partial charge in [-0.1, -0.05) is 38.0 Å². The molecule has 3 heterocycles. The van der Waals surface area contributed by atoms with E-state index in [2.05, 4.69) is 35.4 Å². The van der Waals surface area contributed by atoms with Crippen LogP contribution in [0.25, 0.3) is 10.9 Å². The number of amides is 1. The van der Waals surface area contributed by atoms with Crippen molar-refractivity contribution < 1.29 is 9.53 Å². The lowest BCUT2D eigenvalue weighted by atomic mass is 9.82. The Bertz CT molecular complexity index is 1090. The van der Waals surface area contributed by atoms with Gasteiger partial charge in [-0.2, -0.15) is 0 Å². The van der Waals surface area contributed by atoms with E-state index in [-0.39, 0.29) is 5.91 Å². The van der Waals surface area contributed by atoms with Gasteiger partial charge in [0.1, 0.15) is 5.75 Å². The molecule has 5 nitrogen and oxygen atoms in total. The minimum atomic E-state index is -0.831. The Morgan fingerprint density at radius 1 is 1.17 bits per heavy atom. The van der Waals surface area contributed by atoms with Crippen molar-refractivity contribution in [2.24, 2.45) is 0 Å². The van der Waals surface area contributed by atoms with E-state index in [0.717, 1.165) is 72.4 Å². The molecule has 150 valence electrons. The molecule has 2 aliphatic rings. The largest absolute Gasteiger partial charge is 0.497 e. The van der Waals surface area contributed by atoms with Gasteiger partial charge >= 0.3 is 0 Å². The summed E-state index contributed by atoms with van der Waals surface area (Å²) in [6.07, 6.45) is 4.17. The first-order valence-corrected chi connectivity index (χ1v) is 10.6. The molecule has 29 heavy (non-hydrogen) atoms. The van der Waals surface area contributed by atoms with E-state index in [9.17, 15) is 4.79 Å². The monoisotopic (exact) mass is 389 g/mol. The van der Waals surface area contributed by atoms with Gasteiger partial charge in [0.15, 0.2) is 5.54 Å². The number of aromatic amines is 1. The zero-order chi connectivity index (χ0) is 20.0. The van der Waals surface area contributed by atoms with Gasteiger partial charge in [0.05, 0.1) is 12.8 Å². The number of unbranched alkanes of at least 4 members (excludes halogenated alkanes) is 2. The van der Waals surface area contributed by atoms with Crippen molar-refractivity contribution in [2.75, 3.05) is 25.1 Å². The van der Waals surface area contributed by atoms with E-state index in [1.165, 1.54) is 5.56 Å². The number of nitrogens with zero attached hydrogens (tertiary/aromatic N) is 1. The third-order valence-corrected chi connectivity index (χ3v) is 6.40. The predicted octanol–water partition coefficient (Wildman–Crippen LogP) is 4.10. The van der Waals surface area contributed by atoms with Crippen LogP contribution in [0.5, 0.6) is 5.75 Å². The van der Waals surface area contributed by atoms with Crippen molar-refractivity contribution >= 4 is 22.5 Å². The highest BCUT2D eigenvalue weighted by atomic mass is 16.5.